The molecule has 0 spiro atoms. The second-order valence-corrected chi connectivity index (χ2v) is 10.2. The summed E-state index contributed by atoms with van der Waals surface area (Å²) < 4.78 is 47.5. The number of nitrogens with zero attached hydrogens (tertiary/aromatic N) is 2. The number of carbonyl (C=O) groups is 1. The number of hydrogen-bond donors (Lipinski definition) is 1. The van der Waals surface area contributed by atoms with Gasteiger partial charge in [-0.1, -0.05) is 12.1 Å². The van der Waals surface area contributed by atoms with Gasteiger partial charge in [-0.2, -0.15) is 0 Å². The molecule has 0 aliphatic rings. The SMILES string of the molecule is CN(Cc1cc(-c2ccccc2F)n(S(=O)(=O)c2ccc(O)cc2)c1)C(=O)OC(C)(C)C. The fourth-order valence-corrected chi connectivity index (χ4v) is 4.45. The highest BCUT2D eigenvalue weighted by Crippen LogP contribution is 2.30. The van der Waals surface area contributed by atoms with Crippen LogP contribution in [0.3, 0.4) is 0 Å². The molecule has 1 heterocycles. The van der Waals surface area contributed by atoms with E-state index in [9.17, 15) is 22.7 Å². The number of phenolic OH excluding ortho intramolecular Hbond substituents is 1. The first-order valence-electron chi connectivity index (χ1n) is 9.83. The van der Waals surface area contributed by atoms with Crippen molar-refractivity contribution in [1.29, 1.82) is 0 Å². The number of ether oxygens (including phenoxy) is 1. The minimum atomic E-state index is -4.11. The van der Waals surface area contributed by atoms with Crippen LogP contribution in [-0.2, 0) is 21.3 Å². The van der Waals surface area contributed by atoms with Gasteiger partial charge < -0.3 is 14.7 Å². The third-order valence-corrected chi connectivity index (χ3v) is 6.20. The van der Waals surface area contributed by atoms with E-state index in [-0.39, 0.29) is 28.4 Å². The van der Waals surface area contributed by atoms with Crippen molar-refractivity contribution < 1.29 is 27.4 Å². The predicted molar refractivity (Wildman–Crippen MR) is 118 cm³/mol. The number of rotatable bonds is 5. The summed E-state index contributed by atoms with van der Waals surface area (Å²) in [4.78, 5) is 13.6. The number of hydrogen-bond acceptors (Lipinski definition) is 5. The first-order chi connectivity index (χ1) is 14.9. The lowest BCUT2D eigenvalue weighted by Gasteiger charge is -2.24. The van der Waals surface area contributed by atoms with Crippen molar-refractivity contribution in [2.45, 2.75) is 37.8 Å². The molecule has 32 heavy (non-hydrogen) atoms. The van der Waals surface area contributed by atoms with Crippen molar-refractivity contribution in [2.24, 2.45) is 0 Å². The van der Waals surface area contributed by atoms with Crippen molar-refractivity contribution >= 4 is 16.1 Å². The predicted octanol–water partition coefficient (Wildman–Crippen LogP) is 4.60. The maximum atomic E-state index is 14.6. The van der Waals surface area contributed by atoms with Crippen LogP contribution in [-0.4, -0.2) is 41.1 Å². The lowest BCUT2D eigenvalue weighted by molar-refractivity contribution is 0.0285. The number of amides is 1. The van der Waals surface area contributed by atoms with E-state index in [0.717, 1.165) is 3.97 Å². The van der Waals surface area contributed by atoms with Crippen LogP contribution < -0.4 is 0 Å². The Bertz CT molecular complexity index is 1230. The number of benzene rings is 2. The molecule has 0 aliphatic carbocycles. The summed E-state index contributed by atoms with van der Waals surface area (Å²) in [5.74, 6) is -0.662. The number of aromatic hydroxyl groups is 1. The van der Waals surface area contributed by atoms with Gasteiger partial charge in [0.1, 0.15) is 17.2 Å². The summed E-state index contributed by atoms with van der Waals surface area (Å²) in [6.45, 7) is 5.29. The molecule has 3 rings (SSSR count). The zero-order valence-electron chi connectivity index (χ0n) is 18.2. The summed E-state index contributed by atoms with van der Waals surface area (Å²) in [6.07, 6.45) is 0.782. The molecular weight excluding hydrogens is 435 g/mol. The van der Waals surface area contributed by atoms with E-state index < -0.39 is 27.5 Å². The Kier molecular flexibility index (Phi) is 6.32. The number of halogens is 1. The smallest absolute Gasteiger partial charge is 0.410 e. The maximum absolute atomic E-state index is 14.6. The third kappa shape index (κ3) is 5.11. The van der Waals surface area contributed by atoms with Crippen LogP contribution in [0, 0.1) is 5.82 Å². The average molecular weight is 461 g/mol. The van der Waals surface area contributed by atoms with Gasteiger partial charge in [-0.25, -0.2) is 21.6 Å². The molecule has 0 fully saturated rings. The Hall–Kier alpha value is -3.33. The molecule has 3 aromatic rings. The van der Waals surface area contributed by atoms with E-state index in [1.807, 2.05) is 0 Å². The molecule has 0 saturated heterocycles. The molecule has 0 saturated carbocycles. The van der Waals surface area contributed by atoms with Crippen LogP contribution in [0.1, 0.15) is 26.3 Å². The van der Waals surface area contributed by atoms with E-state index in [1.165, 1.54) is 66.7 Å². The van der Waals surface area contributed by atoms with Gasteiger partial charge in [0, 0.05) is 18.8 Å². The van der Waals surface area contributed by atoms with Crippen LogP contribution in [0.25, 0.3) is 11.3 Å². The van der Waals surface area contributed by atoms with Crippen LogP contribution in [0.4, 0.5) is 9.18 Å². The fourth-order valence-electron chi connectivity index (χ4n) is 3.06. The first kappa shape index (κ1) is 23.3. The molecule has 1 aromatic heterocycles. The molecule has 0 unspecified atom stereocenters. The number of phenols is 1. The van der Waals surface area contributed by atoms with E-state index in [0.29, 0.717) is 5.56 Å². The highest BCUT2D eigenvalue weighted by molar-refractivity contribution is 7.90. The molecule has 7 nitrogen and oxygen atoms in total. The zero-order chi connectivity index (χ0) is 23.7. The molecule has 0 radical (unpaired) electrons. The van der Waals surface area contributed by atoms with Crippen molar-refractivity contribution in [3.63, 3.8) is 0 Å². The highest BCUT2D eigenvalue weighted by atomic mass is 32.2. The summed E-state index contributed by atoms with van der Waals surface area (Å²) in [6, 6.07) is 12.4. The monoisotopic (exact) mass is 460 g/mol. The second kappa shape index (κ2) is 8.66. The molecular formula is C23H25FN2O5S. The van der Waals surface area contributed by atoms with Gasteiger partial charge in [-0.05, 0) is 68.8 Å². The third-order valence-electron chi connectivity index (χ3n) is 4.51. The summed E-state index contributed by atoms with van der Waals surface area (Å²) in [5, 5.41) is 9.50. The van der Waals surface area contributed by atoms with Crippen LogP contribution >= 0.6 is 0 Å². The molecule has 1 N–H and O–H groups in total. The van der Waals surface area contributed by atoms with Crippen LogP contribution in [0.2, 0.25) is 0 Å². The molecule has 0 bridgehead atoms. The van der Waals surface area contributed by atoms with Gasteiger partial charge in [-0.15, -0.1) is 0 Å². The molecule has 0 atom stereocenters. The van der Waals surface area contributed by atoms with Gasteiger partial charge in [0.05, 0.1) is 17.1 Å². The van der Waals surface area contributed by atoms with Crippen molar-refractivity contribution in [3.05, 3.63) is 72.2 Å². The zero-order valence-corrected chi connectivity index (χ0v) is 19.1. The van der Waals surface area contributed by atoms with Gasteiger partial charge in [-0.3, -0.25) is 0 Å². The van der Waals surface area contributed by atoms with Crippen LogP contribution in [0.15, 0.2) is 65.7 Å². The number of aromatic nitrogens is 1. The molecule has 1 amide bonds. The fraction of sp³-hybridized carbons (Fsp3) is 0.261. The maximum Gasteiger partial charge on any atom is 0.410 e. The molecule has 0 aliphatic heterocycles. The lowest BCUT2D eigenvalue weighted by atomic mass is 10.1. The number of carbonyl (C=O) groups excluding carboxylic acids is 1. The standard InChI is InChI=1S/C23H25FN2O5S/c1-23(2,3)31-22(28)25(4)14-16-13-21(19-7-5-6-8-20(19)24)26(15-16)32(29,30)18-11-9-17(27)10-12-18/h5-13,15,27H,14H2,1-4H3. The van der Waals surface area contributed by atoms with E-state index in [1.54, 1.807) is 26.8 Å². The second-order valence-electron chi connectivity index (χ2n) is 8.34. The minimum absolute atomic E-state index is 0.0501. The topological polar surface area (TPSA) is 88.8 Å². The molecule has 9 heteroatoms. The van der Waals surface area contributed by atoms with Crippen molar-refractivity contribution in [2.75, 3.05) is 7.05 Å². The normalized spacial score (nSPS) is 11.9. The van der Waals surface area contributed by atoms with E-state index >= 15 is 0 Å². The van der Waals surface area contributed by atoms with Crippen LogP contribution in [0.5, 0.6) is 5.75 Å². The summed E-state index contributed by atoms with van der Waals surface area (Å²) in [7, 11) is -2.58. The summed E-state index contributed by atoms with van der Waals surface area (Å²) in [5.41, 5.74) is 0.00130. The average Bonchev–Trinajstić information content (AvgIpc) is 3.11. The highest BCUT2D eigenvalue weighted by Gasteiger charge is 2.25. The Morgan fingerprint density at radius 2 is 1.75 bits per heavy atom. The molecule has 170 valence electrons. The first-order valence-corrected chi connectivity index (χ1v) is 11.3. The molecule has 2 aromatic carbocycles. The van der Waals surface area contributed by atoms with E-state index in [4.69, 9.17) is 4.74 Å². The van der Waals surface area contributed by atoms with Gasteiger partial charge in [0.2, 0.25) is 0 Å². The minimum Gasteiger partial charge on any atom is -0.508 e. The van der Waals surface area contributed by atoms with Gasteiger partial charge in [0.15, 0.2) is 0 Å². The Morgan fingerprint density at radius 3 is 2.34 bits per heavy atom. The van der Waals surface area contributed by atoms with Crippen molar-refractivity contribution in [3.8, 4) is 17.0 Å². The van der Waals surface area contributed by atoms with Gasteiger partial charge >= 0.3 is 6.09 Å². The quantitative estimate of drug-likeness (QED) is 0.601. The van der Waals surface area contributed by atoms with E-state index in [2.05, 4.69) is 0 Å². The summed E-state index contributed by atoms with van der Waals surface area (Å²) >= 11 is 0. The lowest BCUT2D eigenvalue weighted by Crippen LogP contribution is -2.33. The Balaban J connectivity index is 2.06. The Labute approximate surface area is 186 Å². The Morgan fingerprint density at radius 1 is 1.12 bits per heavy atom. The largest absolute Gasteiger partial charge is 0.508 e. The van der Waals surface area contributed by atoms with Crippen molar-refractivity contribution in [1.82, 2.24) is 8.87 Å². The van der Waals surface area contributed by atoms with Gasteiger partial charge in [0.25, 0.3) is 10.0 Å².